The van der Waals surface area contributed by atoms with Gasteiger partial charge >= 0.3 is 0 Å². The molecule has 1 aliphatic heterocycles. The van der Waals surface area contributed by atoms with Crippen molar-refractivity contribution in [1.82, 2.24) is 14.9 Å². The monoisotopic (exact) mass is 421 g/mol. The van der Waals surface area contributed by atoms with E-state index in [1.54, 1.807) is 24.5 Å². The van der Waals surface area contributed by atoms with Crippen LogP contribution in [-0.4, -0.2) is 47.0 Å². The molecule has 0 aliphatic carbocycles. The number of nitrogens with one attached hydrogen (secondary N) is 2. The van der Waals surface area contributed by atoms with Gasteiger partial charge in [0, 0.05) is 25.0 Å². The Labute approximate surface area is 180 Å². The molecule has 8 heteroatoms. The number of morpholine rings is 1. The second-order valence-corrected chi connectivity index (χ2v) is 7.42. The van der Waals surface area contributed by atoms with Gasteiger partial charge in [0.05, 0.1) is 30.7 Å². The highest BCUT2D eigenvalue weighted by Crippen LogP contribution is 2.23. The third kappa shape index (κ3) is 5.62. The van der Waals surface area contributed by atoms with E-state index in [-0.39, 0.29) is 24.4 Å². The van der Waals surface area contributed by atoms with Crippen molar-refractivity contribution in [3.05, 3.63) is 78.0 Å². The third-order valence-corrected chi connectivity index (χ3v) is 5.03. The predicted octanol–water partition coefficient (Wildman–Crippen LogP) is 3.68. The molecule has 160 valence electrons. The Morgan fingerprint density at radius 1 is 1.16 bits per heavy atom. The van der Waals surface area contributed by atoms with E-state index in [1.807, 2.05) is 36.1 Å². The Balaban J connectivity index is 1.33. The molecule has 1 fully saturated rings. The Bertz CT molecular complexity index is 1030. The van der Waals surface area contributed by atoms with E-state index in [2.05, 4.69) is 20.6 Å². The number of anilines is 3. The number of carbonyl (C=O) groups excluding carboxylic acids is 1. The van der Waals surface area contributed by atoms with Crippen molar-refractivity contribution in [2.24, 2.45) is 0 Å². The number of carbonyl (C=O) groups is 1. The van der Waals surface area contributed by atoms with Gasteiger partial charge in [0.25, 0.3) is 0 Å². The van der Waals surface area contributed by atoms with E-state index in [9.17, 15) is 9.18 Å². The van der Waals surface area contributed by atoms with Gasteiger partial charge in [-0.25, -0.2) is 9.37 Å². The average molecular weight is 421 g/mol. The molecule has 0 saturated carbocycles. The van der Waals surface area contributed by atoms with E-state index in [1.165, 1.54) is 12.1 Å². The van der Waals surface area contributed by atoms with E-state index >= 15 is 0 Å². The van der Waals surface area contributed by atoms with Crippen LogP contribution < -0.4 is 10.6 Å². The first-order valence-electron chi connectivity index (χ1n) is 10.1. The van der Waals surface area contributed by atoms with Crippen molar-refractivity contribution < 1.29 is 13.9 Å². The minimum atomic E-state index is -0.335. The Hall–Kier alpha value is -3.36. The summed E-state index contributed by atoms with van der Waals surface area (Å²) >= 11 is 0. The first-order chi connectivity index (χ1) is 15.1. The Kier molecular flexibility index (Phi) is 6.49. The lowest BCUT2D eigenvalue weighted by atomic mass is 10.1. The summed E-state index contributed by atoms with van der Waals surface area (Å²) in [7, 11) is 0. The van der Waals surface area contributed by atoms with Crippen molar-refractivity contribution in [2.75, 3.05) is 36.9 Å². The zero-order chi connectivity index (χ0) is 21.6. The number of halogens is 1. The van der Waals surface area contributed by atoms with Crippen LogP contribution in [0.15, 0.2) is 60.9 Å². The lowest BCUT2D eigenvalue weighted by molar-refractivity contribution is -0.119. The molecule has 7 nitrogen and oxygen atoms in total. The number of ether oxygens (including phenoxy) is 1. The maximum atomic E-state index is 13.0. The third-order valence-electron chi connectivity index (χ3n) is 5.03. The van der Waals surface area contributed by atoms with Crippen molar-refractivity contribution in [3.63, 3.8) is 0 Å². The average Bonchev–Trinajstić information content (AvgIpc) is 2.78. The van der Waals surface area contributed by atoms with E-state index < -0.39 is 0 Å². The number of amides is 1. The number of benzene rings is 1. The number of aryl methyl sites for hydroxylation is 1. The van der Waals surface area contributed by atoms with Crippen molar-refractivity contribution in [2.45, 2.75) is 13.0 Å². The summed E-state index contributed by atoms with van der Waals surface area (Å²) in [5, 5.41) is 6.05. The van der Waals surface area contributed by atoms with Gasteiger partial charge in [-0.05, 0) is 55.0 Å². The molecule has 0 radical (unpaired) electrons. The Morgan fingerprint density at radius 2 is 1.97 bits per heavy atom. The molecule has 1 amide bonds. The van der Waals surface area contributed by atoms with Crippen LogP contribution >= 0.6 is 0 Å². The summed E-state index contributed by atoms with van der Waals surface area (Å²) in [6.45, 7) is 3.97. The van der Waals surface area contributed by atoms with Crippen LogP contribution in [0, 0.1) is 12.7 Å². The van der Waals surface area contributed by atoms with Crippen molar-refractivity contribution in [3.8, 4) is 0 Å². The standard InChI is InChI=1S/C23H24FN5O2/c1-16-3-2-10-25-23(16)28-19-8-9-20(26-13-19)21-14-29(11-12-31-21)15-22(30)27-18-6-4-17(24)5-7-18/h2-10,13,21H,11-12,14-15H2,1H3,(H,25,28)(H,27,30). The minimum absolute atomic E-state index is 0.148. The van der Waals surface area contributed by atoms with E-state index in [0.717, 1.165) is 22.8 Å². The highest BCUT2D eigenvalue weighted by molar-refractivity contribution is 5.92. The molecular formula is C23H24FN5O2. The topological polar surface area (TPSA) is 79.4 Å². The van der Waals surface area contributed by atoms with Crippen LogP contribution in [0.25, 0.3) is 0 Å². The molecule has 2 N–H and O–H groups in total. The van der Waals surface area contributed by atoms with Gasteiger partial charge in [-0.15, -0.1) is 0 Å². The van der Waals surface area contributed by atoms with Crippen molar-refractivity contribution in [1.29, 1.82) is 0 Å². The van der Waals surface area contributed by atoms with Crippen LogP contribution in [0.5, 0.6) is 0 Å². The fourth-order valence-electron chi connectivity index (χ4n) is 3.38. The maximum absolute atomic E-state index is 13.0. The van der Waals surface area contributed by atoms with Gasteiger partial charge in [-0.1, -0.05) is 6.07 Å². The molecule has 1 unspecified atom stereocenters. The number of rotatable bonds is 6. The summed E-state index contributed by atoms with van der Waals surface area (Å²) in [5.74, 6) is 0.313. The number of aromatic nitrogens is 2. The first-order valence-corrected chi connectivity index (χ1v) is 10.1. The maximum Gasteiger partial charge on any atom is 0.238 e. The fourth-order valence-corrected chi connectivity index (χ4v) is 3.38. The van der Waals surface area contributed by atoms with Gasteiger partial charge in [0.15, 0.2) is 0 Å². The summed E-state index contributed by atoms with van der Waals surface area (Å²) in [6, 6.07) is 13.5. The highest BCUT2D eigenvalue weighted by Gasteiger charge is 2.24. The summed E-state index contributed by atoms with van der Waals surface area (Å²) < 4.78 is 18.9. The second-order valence-electron chi connectivity index (χ2n) is 7.42. The zero-order valence-electron chi connectivity index (χ0n) is 17.2. The molecule has 0 spiro atoms. The quantitative estimate of drug-likeness (QED) is 0.632. The number of nitrogens with zero attached hydrogens (tertiary/aromatic N) is 3. The molecular weight excluding hydrogens is 397 g/mol. The second kappa shape index (κ2) is 9.63. The number of hydrogen-bond acceptors (Lipinski definition) is 6. The number of hydrogen-bond donors (Lipinski definition) is 2. The lowest BCUT2D eigenvalue weighted by Gasteiger charge is -2.32. The first kappa shape index (κ1) is 20.9. The minimum Gasteiger partial charge on any atom is -0.369 e. The number of pyridine rings is 2. The van der Waals surface area contributed by atoms with Crippen LogP contribution in [0.1, 0.15) is 17.4 Å². The van der Waals surface area contributed by atoms with Crippen LogP contribution in [-0.2, 0) is 9.53 Å². The molecule has 2 aromatic heterocycles. The van der Waals surface area contributed by atoms with Gasteiger partial charge in [0.1, 0.15) is 17.7 Å². The molecule has 0 bridgehead atoms. The van der Waals surface area contributed by atoms with Gasteiger partial charge in [-0.2, -0.15) is 0 Å². The Morgan fingerprint density at radius 3 is 2.71 bits per heavy atom. The molecule has 1 aliphatic rings. The molecule has 31 heavy (non-hydrogen) atoms. The summed E-state index contributed by atoms with van der Waals surface area (Å²) in [6.07, 6.45) is 3.29. The van der Waals surface area contributed by atoms with Gasteiger partial charge in [0.2, 0.25) is 5.91 Å². The van der Waals surface area contributed by atoms with Crippen LogP contribution in [0.3, 0.4) is 0 Å². The van der Waals surface area contributed by atoms with Gasteiger partial charge < -0.3 is 15.4 Å². The van der Waals surface area contributed by atoms with Crippen LogP contribution in [0.4, 0.5) is 21.6 Å². The summed E-state index contributed by atoms with van der Waals surface area (Å²) in [4.78, 5) is 23.2. The molecule has 3 aromatic rings. The fraction of sp³-hybridized carbons (Fsp3) is 0.261. The smallest absolute Gasteiger partial charge is 0.238 e. The van der Waals surface area contributed by atoms with Crippen molar-refractivity contribution >= 4 is 23.1 Å². The van der Waals surface area contributed by atoms with Gasteiger partial charge in [-0.3, -0.25) is 14.7 Å². The molecule has 1 saturated heterocycles. The van der Waals surface area contributed by atoms with E-state index in [0.29, 0.717) is 25.4 Å². The van der Waals surface area contributed by atoms with Crippen LogP contribution in [0.2, 0.25) is 0 Å². The molecule has 4 rings (SSSR count). The lowest BCUT2D eigenvalue weighted by Crippen LogP contribution is -2.42. The largest absolute Gasteiger partial charge is 0.369 e. The SMILES string of the molecule is Cc1cccnc1Nc1ccc(C2CN(CC(=O)Nc3ccc(F)cc3)CCO2)nc1. The molecule has 1 atom stereocenters. The summed E-state index contributed by atoms with van der Waals surface area (Å²) in [5.41, 5.74) is 3.28. The zero-order valence-corrected chi connectivity index (χ0v) is 17.2. The normalized spacial score (nSPS) is 16.6. The highest BCUT2D eigenvalue weighted by atomic mass is 19.1. The van der Waals surface area contributed by atoms with E-state index in [4.69, 9.17) is 4.74 Å². The molecule has 1 aromatic carbocycles. The molecule has 3 heterocycles. The predicted molar refractivity (Wildman–Crippen MR) is 117 cm³/mol.